The summed E-state index contributed by atoms with van der Waals surface area (Å²) in [6.07, 6.45) is 0. The molecule has 1 aromatic heterocycles. The van der Waals surface area contributed by atoms with Crippen molar-refractivity contribution in [2.75, 3.05) is 5.84 Å². The Hall–Kier alpha value is -1.20. The van der Waals surface area contributed by atoms with E-state index in [1.54, 1.807) is 16.4 Å². The van der Waals surface area contributed by atoms with Crippen molar-refractivity contribution in [1.82, 2.24) is 14.9 Å². The summed E-state index contributed by atoms with van der Waals surface area (Å²) in [5, 5.41) is 9.75. The Morgan fingerprint density at radius 3 is 2.63 bits per heavy atom. The monoisotopic (exact) mass is 296 g/mol. The molecule has 0 radical (unpaired) electrons. The lowest BCUT2D eigenvalue weighted by molar-refractivity contribution is 0.523. The molecule has 4 nitrogen and oxygen atoms in total. The van der Waals surface area contributed by atoms with Crippen LogP contribution in [0.4, 0.5) is 0 Å². The number of benzene rings is 1. The molecule has 0 amide bonds. The molecule has 0 bridgehead atoms. The summed E-state index contributed by atoms with van der Waals surface area (Å²) in [5.41, 5.74) is 1.02. The Kier molecular flexibility index (Phi) is 4.06. The molecule has 0 aliphatic heterocycles. The van der Waals surface area contributed by atoms with Gasteiger partial charge in [0.15, 0.2) is 5.82 Å². The minimum atomic E-state index is -0.114. The molecule has 0 saturated carbocycles. The number of nitrogens with zero attached hydrogens (tertiary/aromatic N) is 3. The highest BCUT2D eigenvalue weighted by Gasteiger charge is 2.22. The fraction of sp³-hybridized carbons (Fsp3) is 0.385. The van der Waals surface area contributed by atoms with Gasteiger partial charge in [0.05, 0.1) is 0 Å². The van der Waals surface area contributed by atoms with Crippen LogP contribution in [0.1, 0.15) is 32.2 Å². The summed E-state index contributed by atoms with van der Waals surface area (Å²) < 4.78 is 1.56. The van der Waals surface area contributed by atoms with Gasteiger partial charge in [-0.05, 0) is 17.7 Å². The topological polar surface area (TPSA) is 56.7 Å². The molecule has 0 aliphatic carbocycles. The number of halogens is 1. The molecule has 1 aromatic carbocycles. The first-order valence-corrected chi connectivity index (χ1v) is 7.32. The predicted molar refractivity (Wildman–Crippen MR) is 79.9 cm³/mol. The molecule has 1 heterocycles. The number of nitrogen functional groups attached to an aromatic ring is 1. The first-order chi connectivity index (χ1) is 8.88. The molecule has 0 unspecified atom stereocenters. The molecule has 0 aliphatic rings. The molecule has 6 heteroatoms. The lowest BCUT2D eigenvalue weighted by Crippen LogP contribution is -2.24. The van der Waals surface area contributed by atoms with Gasteiger partial charge in [0.1, 0.15) is 0 Å². The van der Waals surface area contributed by atoms with Crippen molar-refractivity contribution in [1.29, 1.82) is 0 Å². The van der Waals surface area contributed by atoms with Crippen molar-refractivity contribution in [2.45, 2.75) is 37.1 Å². The highest BCUT2D eigenvalue weighted by molar-refractivity contribution is 7.98. The zero-order valence-electron chi connectivity index (χ0n) is 11.2. The van der Waals surface area contributed by atoms with E-state index in [-0.39, 0.29) is 5.41 Å². The first kappa shape index (κ1) is 14.2. The van der Waals surface area contributed by atoms with Crippen LogP contribution in [0.25, 0.3) is 0 Å². The van der Waals surface area contributed by atoms with E-state index in [1.807, 2.05) is 24.3 Å². The van der Waals surface area contributed by atoms with E-state index in [9.17, 15) is 0 Å². The van der Waals surface area contributed by atoms with E-state index in [0.29, 0.717) is 5.16 Å². The van der Waals surface area contributed by atoms with E-state index in [4.69, 9.17) is 17.4 Å². The van der Waals surface area contributed by atoms with Gasteiger partial charge in [-0.1, -0.05) is 56.3 Å². The van der Waals surface area contributed by atoms with Crippen molar-refractivity contribution in [3.05, 3.63) is 40.7 Å². The van der Waals surface area contributed by atoms with E-state index >= 15 is 0 Å². The second-order valence-electron chi connectivity index (χ2n) is 5.34. The summed E-state index contributed by atoms with van der Waals surface area (Å²) in [6.45, 7) is 6.18. The minimum Gasteiger partial charge on any atom is -0.336 e. The van der Waals surface area contributed by atoms with Crippen LogP contribution in [-0.4, -0.2) is 14.9 Å². The second kappa shape index (κ2) is 5.43. The van der Waals surface area contributed by atoms with Crippen LogP contribution in [0, 0.1) is 0 Å². The molecular weight excluding hydrogens is 280 g/mol. The maximum Gasteiger partial charge on any atom is 0.210 e. The van der Waals surface area contributed by atoms with Crippen molar-refractivity contribution >= 4 is 23.4 Å². The van der Waals surface area contributed by atoms with Gasteiger partial charge < -0.3 is 5.84 Å². The first-order valence-electron chi connectivity index (χ1n) is 5.96. The molecule has 0 atom stereocenters. The highest BCUT2D eigenvalue weighted by atomic mass is 35.5. The normalized spacial score (nSPS) is 11.8. The van der Waals surface area contributed by atoms with Gasteiger partial charge in [-0.3, -0.25) is 0 Å². The zero-order chi connectivity index (χ0) is 14.0. The summed E-state index contributed by atoms with van der Waals surface area (Å²) in [7, 11) is 0. The lowest BCUT2D eigenvalue weighted by atomic mass is 9.96. The Morgan fingerprint density at radius 1 is 1.32 bits per heavy atom. The molecular formula is C13H17ClN4S. The van der Waals surface area contributed by atoms with Crippen LogP contribution in [-0.2, 0) is 11.2 Å². The van der Waals surface area contributed by atoms with Crippen LogP contribution >= 0.6 is 23.4 Å². The van der Waals surface area contributed by atoms with E-state index in [0.717, 1.165) is 22.2 Å². The largest absolute Gasteiger partial charge is 0.336 e. The summed E-state index contributed by atoms with van der Waals surface area (Å²) >= 11 is 7.51. The quantitative estimate of drug-likeness (QED) is 0.698. The Balaban J connectivity index is 2.11. The van der Waals surface area contributed by atoms with Crippen LogP contribution in [0.15, 0.2) is 29.4 Å². The smallest absolute Gasteiger partial charge is 0.210 e. The molecule has 0 fully saturated rings. The molecule has 0 spiro atoms. The van der Waals surface area contributed by atoms with Crippen LogP contribution in [0.5, 0.6) is 0 Å². The maximum atomic E-state index is 6.03. The predicted octanol–water partition coefficient (Wildman–Crippen LogP) is 3.24. The SMILES string of the molecule is CC(C)(C)c1nnc(SCc2cccc(Cl)c2)n1N. The third-order valence-electron chi connectivity index (χ3n) is 2.59. The third-order valence-corrected chi connectivity index (χ3v) is 3.84. The molecule has 2 aromatic rings. The van der Waals surface area contributed by atoms with Gasteiger partial charge in [0.25, 0.3) is 0 Å². The van der Waals surface area contributed by atoms with Gasteiger partial charge in [0.2, 0.25) is 5.16 Å². The second-order valence-corrected chi connectivity index (χ2v) is 6.72. The van der Waals surface area contributed by atoms with Gasteiger partial charge in [-0.2, -0.15) is 0 Å². The Labute approximate surface area is 122 Å². The van der Waals surface area contributed by atoms with Crippen LogP contribution < -0.4 is 5.84 Å². The summed E-state index contributed by atoms with van der Waals surface area (Å²) in [4.78, 5) is 0. The molecule has 19 heavy (non-hydrogen) atoms. The number of thioether (sulfide) groups is 1. The van der Waals surface area contributed by atoms with Crippen LogP contribution in [0.3, 0.4) is 0 Å². The van der Waals surface area contributed by atoms with E-state index in [2.05, 4.69) is 31.0 Å². The minimum absolute atomic E-state index is 0.114. The molecule has 0 saturated heterocycles. The standard InChI is InChI=1S/C13H17ClN4S/c1-13(2,3)11-16-17-12(18(11)15)19-8-9-5-4-6-10(14)7-9/h4-7H,8,15H2,1-3H3. The van der Waals surface area contributed by atoms with Gasteiger partial charge >= 0.3 is 0 Å². The highest BCUT2D eigenvalue weighted by Crippen LogP contribution is 2.25. The molecule has 2 N–H and O–H groups in total. The number of nitrogens with two attached hydrogens (primary N) is 1. The van der Waals surface area contributed by atoms with Crippen LogP contribution in [0.2, 0.25) is 5.02 Å². The molecule has 2 rings (SSSR count). The van der Waals surface area contributed by atoms with Crippen molar-refractivity contribution < 1.29 is 0 Å². The average molecular weight is 297 g/mol. The number of hydrogen-bond donors (Lipinski definition) is 1. The van der Waals surface area contributed by atoms with Gasteiger partial charge in [-0.15, -0.1) is 10.2 Å². The number of rotatable bonds is 3. The van der Waals surface area contributed by atoms with Crippen molar-refractivity contribution in [3.63, 3.8) is 0 Å². The van der Waals surface area contributed by atoms with E-state index in [1.165, 1.54) is 0 Å². The van der Waals surface area contributed by atoms with Gasteiger partial charge in [0, 0.05) is 16.2 Å². The number of hydrogen-bond acceptors (Lipinski definition) is 4. The van der Waals surface area contributed by atoms with E-state index < -0.39 is 0 Å². The molecule has 102 valence electrons. The number of aromatic nitrogens is 3. The fourth-order valence-electron chi connectivity index (χ4n) is 1.66. The fourth-order valence-corrected chi connectivity index (χ4v) is 2.67. The zero-order valence-corrected chi connectivity index (χ0v) is 12.8. The lowest BCUT2D eigenvalue weighted by Gasteiger charge is -2.16. The average Bonchev–Trinajstić information content (AvgIpc) is 2.68. The van der Waals surface area contributed by atoms with Crippen molar-refractivity contribution in [2.24, 2.45) is 0 Å². The third kappa shape index (κ3) is 3.42. The maximum absolute atomic E-state index is 6.03. The van der Waals surface area contributed by atoms with Crippen molar-refractivity contribution in [3.8, 4) is 0 Å². The summed E-state index contributed by atoms with van der Waals surface area (Å²) in [6, 6.07) is 7.77. The Morgan fingerprint density at radius 2 is 2.05 bits per heavy atom. The van der Waals surface area contributed by atoms with Gasteiger partial charge in [-0.25, -0.2) is 4.68 Å². The summed E-state index contributed by atoms with van der Waals surface area (Å²) in [5.74, 6) is 7.57. The Bertz CT molecular complexity index is 574.